The second kappa shape index (κ2) is 12.5. The summed E-state index contributed by atoms with van der Waals surface area (Å²) >= 11 is 0. The van der Waals surface area contributed by atoms with Crippen molar-refractivity contribution in [3.05, 3.63) is 11.6 Å². The lowest BCUT2D eigenvalue weighted by atomic mass is 9.44. The lowest BCUT2D eigenvalue weighted by molar-refractivity contribution is -0.317. The van der Waals surface area contributed by atoms with Crippen LogP contribution in [0.5, 0.6) is 0 Å². The van der Waals surface area contributed by atoms with Crippen LogP contribution in [0.4, 0.5) is 0 Å². The van der Waals surface area contributed by atoms with Crippen molar-refractivity contribution >= 4 is 17.5 Å². The standard InChI is InChI=1S/C33H52O6/c1-5-6-7-8-9-10-11-12-19-39-33(37)22-32(4)27(15-16-28(32)29(36)21-38-23(2)34)26-14-13-24-20-25(35)17-18-31(24,3)30(26)33/h20,26-28,30,37H,5-19,21-22H2,1-4H3/t26-,27-,28+,30-,31-,32-,33+/m0/s1. The van der Waals surface area contributed by atoms with Crippen molar-refractivity contribution in [1.82, 2.24) is 0 Å². The molecule has 0 aromatic carbocycles. The fourth-order valence-corrected chi connectivity index (χ4v) is 9.22. The minimum absolute atomic E-state index is 0.0371. The molecule has 0 aromatic heterocycles. The monoisotopic (exact) mass is 544 g/mol. The van der Waals surface area contributed by atoms with E-state index >= 15 is 0 Å². The quantitative estimate of drug-likeness (QED) is 0.157. The van der Waals surface area contributed by atoms with E-state index in [1.807, 2.05) is 6.08 Å². The summed E-state index contributed by atoms with van der Waals surface area (Å²) in [6.07, 6.45) is 16.6. The highest BCUT2D eigenvalue weighted by Crippen LogP contribution is 2.69. The third-order valence-corrected chi connectivity index (χ3v) is 11.0. The molecule has 0 aromatic rings. The third-order valence-electron chi connectivity index (χ3n) is 11.0. The Balaban J connectivity index is 1.53. The van der Waals surface area contributed by atoms with Gasteiger partial charge in [0.05, 0.1) is 6.61 Å². The Morgan fingerprint density at radius 1 is 1.00 bits per heavy atom. The van der Waals surface area contributed by atoms with Crippen LogP contribution in [0, 0.1) is 34.5 Å². The maximum absolute atomic E-state index is 13.3. The Hall–Kier alpha value is -1.53. The van der Waals surface area contributed by atoms with Gasteiger partial charge in [0.25, 0.3) is 0 Å². The zero-order valence-electron chi connectivity index (χ0n) is 24.9. The summed E-state index contributed by atoms with van der Waals surface area (Å²) < 4.78 is 11.7. The second-order valence-corrected chi connectivity index (χ2v) is 13.6. The first-order valence-corrected chi connectivity index (χ1v) is 15.8. The van der Waals surface area contributed by atoms with Gasteiger partial charge >= 0.3 is 5.97 Å². The Morgan fingerprint density at radius 3 is 2.38 bits per heavy atom. The SMILES string of the molecule is CCCCCCCCCCO[C@]1(O)C[C@]2(C)[C@@H](C(=O)COC(C)=O)CC[C@H]2[C@@H]2CCC3=CC(=O)CC[C@]3(C)[C@H]21. The minimum Gasteiger partial charge on any atom is -0.458 e. The predicted molar refractivity (Wildman–Crippen MR) is 151 cm³/mol. The number of unbranched alkanes of at least 4 members (excludes halogenated alkanes) is 7. The van der Waals surface area contributed by atoms with Crippen LogP contribution in [0.3, 0.4) is 0 Å². The lowest BCUT2D eigenvalue weighted by Crippen LogP contribution is -2.64. The molecule has 6 heteroatoms. The molecule has 0 amide bonds. The Morgan fingerprint density at radius 2 is 1.69 bits per heavy atom. The molecule has 220 valence electrons. The van der Waals surface area contributed by atoms with E-state index in [4.69, 9.17) is 9.47 Å². The Kier molecular flexibility index (Phi) is 9.79. The lowest BCUT2D eigenvalue weighted by Gasteiger charge is -2.63. The number of esters is 1. The molecule has 6 nitrogen and oxygen atoms in total. The average Bonchev–Trinajstić information content (AvgIpc) is 3.22. The molecule has 0 unspecified atom stereocenters. The first kappa shape index (κ1) is 30.4. The van der Waals surface area contributed by atoms with Crippen LogP contribution in [-0.4, -0.2) is 41.6 Å². The molecule has 3 saturated carbocycles. The molecule has 7 atom stereocenters. The van der Waals surface area contributed by atoms with Gasteiger partial charge < -0.3 is 14.6 Å². The van der Waals surface area contributed by atoms with E-state index in [2.05, 4.69) is 20.8 Å². The highest BCUT2D eigenvalue weighted by Gasteiger charge is 2.68. The van der Waals surface area contributed by atoms with Crippen molar-refractivity contribution in [3.8, 4) is 0 Å². The molecule has 0 spiro atoms. The number of Topliss-reactive ketones (excluding diaryl/α,β-unsaturated/α-hetero) is 1. The summed E-state index contributed by atoms with van der Waals surface area (Å²) in [5.74, 6) is -1.44. The van der Waals surface area contributed by atoms with E-state index in [9.17, 15) is 19.5 Å². The number of allylic oxidation sites excluding steroid dienone is 1. The molecule has 1 N–H and O–H groups in total. The van der Waals surface area contributed by atoms with Gasteiger partial charge in [-0.3, -0.25) is 14.4 Å². The molecule has 4 aliphatic carbocycles. The number of carbonyl (C=O) groups excluding carboxylic acids is 3. The summed E-state index contributed by atoms with van der Waals surface area (Å²) in [5, 5.41) is 12.5. The second-order valence-electron chi connectivity index (χ2n) is 13.6. The number of carbonyl (C=O) groups is 3. The maximum Gasteiger partial charge on any atom is 0.303 e. The average molecular weight is 545 g/mol. The van der Waals surface area contributed by atoms with Crippen molar-refractivity contribution in [2.24, 2.45) is 34.5 Å². The number of ketones is 2. The van der Waals surface area contributed by atoms with E-state index < -0.39 is 17.2 Å². The van der Waals surface area contributed by atoms with Crippen molar-refractivity contribution in [3.63, 3.8) is 0 Å². The van der Waals surface area contributed by atoms with Gasteiger partial charge in [-0.05, 0) is 67.3 Å². The van der Waals surface area contributed by atoms with Crippen LogP contribution >= 0.6 is 0 Å². The number of ether oxygens (including phenoxy) is 2. The van der Waals surface area contributed by atoms with E-state index in [1.165, 1.54) is 51.0 Å². The molecule has 0 bridgehead atoms. The van der Waals surface area contributed by atoms with Crippen LogP contribution in [-0.2, 0) is 23.9 Å². The molecular weight excluding hydrogens is 492 g/mol. The first-order valence-electron chi connectivity index (χ1n) is 15.8. The maximum atomic E-state index is 13.3. The van der Waals surface area contributed by atoms with Crippen LogP contribution in [0.15, 0.2) is 11.6 Å². The molecule has 4 aliphatic rings. The smallest absolute Gasteiger partial charge is 0.303 e. The topological polar surface area (TPSA) is 89.9 Å². The summed E-state index contributed by atoms with van der Waals surface area (Å²) in [6.45, 7) is 8.29. The molecule has 3 fully saturated rings. The number of rotatable bonds is 13. The summed E-state index contributed by atoms with van der Waals surface area (Å²) in [7, 11) is 0. The van der Waals surface area contributed by atoms with Gasteiger partial charge in [-0.25, -0.2) is 0 Å². The van der Waals surface area contributed by atoms with E-state index in [1.54, 1.807) is 0 Å². The fraction of sp³-hybridized carbons (Fsp3) is 0.848. The third kappa shape index (κ3) is 6.22. The summed E-state index contributed by atoms with van der Waals surface area (Å²) in [4.78, 5) is 37.0. The number of hydrogen-bond acceptors (Lipinski definition) is 6. The largest absolute Gasteiger partial charge is 0.458 e. The van der Waals surface area contributed by atoms with Crippen molar-refractivity contribution < 1.29 is 29.0 Å². The number of aliphatic hydroxyl groups is 1. The fourth-order valence-electron chi connectivity index (χ4n) is 9.22. The van der Waals surface area contributed by atoms with Gasteiger partial charge in [0.2, 0.25) is 0 Å². The first-order chi connectivity index (χ1) is 18.5. The summed E-state index contributed by atoms with van der Waals surface area (Å²) in [6, 6.07) is 0. The van der Waals surface area contributed by atoms with Crippen LogP contribution in [0.25, 0.3) is 0 Å². The molecule has 0 radical (unpaired) electrons. The number of fused-ring (bicyclic) bond motifs is 5. The van der Waals surface area contributed by atoms with Gasteiger partial charge in [0.15, 0.2) is 17.4 Å². The van der Waals surface area contributed by atoms with Gasteiger partial charge in [0, 0.05) is 31.6 Å². The normalized spacial score (nSPS) is 37.5. The predicted octanol–water partition coefficient (Wildman–Crippen LogP) is 6.72. The van der Waals surface area contributed by atoms with Crippen molar-refractivity contribution in [2.75, 3.05) is 13.2 Å². The highest BCUT2D eigenvalue weighted by molar-refractivity contribution is 5.91. The van der Waals surface area contributed by atoms with Crippen LogP contribution < -0.4 is 0 Å². The van der Waals surface area contributed by atoms with Crippen LogP contribution in [0.2, 0.25) is 0 Å². The Labute approximate surface area is 235 Å². The van der Waals surface area contributed by atoms with Gasteiger partial charge in [-0.2, -0.15) is 0 Å². The van der Waals surface area contributed by atoms with E-state index in [-0.39, 0.29) is 41.3 Å². The number of hydrogen-bond donors (Lipinski definition) is 1. The molecular formula is C33H52O6. The van der Waals surface area contributed by atoms with E-state index in [0.29, 0.717) is 25.4 Å². The van der Waals surface area contributed by atoms with Gasteiger partial charge in [-0.15, -0.1) is 0 Å². The van der Waals surface area contributed by atoms with Crippen molar-refractivity contribution in [1.29, 1.82) is 0 Å². The molecule has 39 heavy (non-hydrogen) atoms. The highest BCUT2D eigenvalue weighted by atomic mass is 16.6. The molecule has 0 aliphatic heterocycles. The minimum atomic E-state index is -1.35. The van der Waals surface area contributed by atoms with Crippen molar-refractivity contribution in [2.45, 2.75) is 130 Å². The van der Waals surface area contributed by atoms with Gasteiger partial charge in [0.1, 0.15) is 6.61 Å². The zero-order valence-corrected chi connectivity index (χ0v) is 24.9. The molecule has 0 heterocycles. The van der Waals surface area contributed by atoms with E-state index in [0.717, 1.165) is 44.9 Å². The summed E-state index contributed by atoms with van der Waals surface area (Å²) in [5.41, 5.74) is 0.499. The zero-order chi connectivity index (χ0) is 28.3. The van der Waals surface area contributed by atoms with Gasteiger partial charge in [-0.1, -0.05) is 71.3 Å². The molecule has 4 rings (SSSR count). The molecule has 0 saturated heterocycles. The van der Waals surface area contributed by atoms with Crippen LogP contribution in [0.1, 0.15) is 124 Å². The Bertz CT molecular complexity index is 940.